The summed E-state index contributed by atoms with van der Waals surface area (Å²) in [5, 5.41) is 121. The van der Waals surface area contributed by atoms with Crippen LogP contribution in [0.1, 0.15) is 284 Å². The maximum Gasteiger partial charge on any atom is 0.220 e. The van der Waals surface area contributed by atoms with Gasteiger partial charge in [0.2, 0.25) is 5.91 Å². The molecule has 17 atom stereocenters. The molecule has 3 fully saturated rings. The van der Waals surface area contributed by atoms with Gasteiger partial charge in [-0.15, -0.1) is 0 Å². The van der Waals surface area contributed by atoms with Crippen LogP contribution in [0.5, 0.6) is 0 Å². The SMILES string of the molecule is CC/C=C\C/C=C\C/C=C\C/C=C\C/C=C\CCCCCCCCCCCCCCCCCCCCCCCC(=O)NC(COC1OC(CO)C(OC2OC(CO)C(OC3OC(CO)C(O)C(O)C3O)C(O)C2O)C(O)C1O)C(O)/C=C/CC/C=C/CCCCCCCCCCCCC. The first-order valence-electron chi connectivity index (χ1n) is 39.3. The van der Waals surface area contributed by atoms with E-state index in [1.54, 1.807) is 6.08 Å². The molecular weight excluding hydrogens is 1260 g/mol. The highest BCUT2D eigenvalue weighted by molar-refractivity contribution is 5.76. The van der Waals surface area contributed by atoms with Crippen LogP contribution in [0.15, 0.2) is 85.1 Å². The molecule has 1 amide bonds. The average Bonchev–Trinajstić information content (AvgIpc) is 0.786. The molecule has 17 unspecified atom stereocenters. The van der Waals surface area contributed by atoms with Crippen LogP contribution in [0, 0.1) is 0 Å². The summed E-state index contributed by atoms with van der Waals surface area (Å²) >= 11 is 0. The molecule has 0 saturated carbocycles. The second-order valence-corrected chi connectivity index (χ2v) is 27.8. The number of carbonyl (C=O) groups is 1. The molecule has 0 radical (unpaired) electrons. The largest absolute Gasteiger partial charge is 0.394 e. The minimum Gasteiger partial charge on any atom is -0.394 e. The van der Waals surface area contributed by atoms with Gasteiger partial charge in [-0.1, -0.05) is 285 Å². The first-order chi connectivity index (χ1) is 48.3. The zero-order valence-electron chi connectivity index (χ0n) is 61.2. The van der Waals surface area contributed by atoms with Crippen molar-refractivity contribution in [1.29, 1.82) is 0 Å². The van der Waals surface area contributed by atoms with Crippen molar-refractivity contribution in [3.8, 4) is 0 Å². The number of aliphatic hydroxyl groups excluding tert-OH is 11. The maximum absolute atomic E-state index is 13.4. The second-order valence-electron chi connectivity index (χ2n) is 27.8. The number of rotatable bonds is 61. The Morgan fingerprint density at radius 1 is 0.374 bits per heavy atom. The van der Waals surface area contributed by atoms with Crippen molar-refractivity contribution >= 4 is 5.91 Å². The molecule has 19 heteroatoms. The molecule has 0 aromatic carbocycles. The minimum atomic E-state index is -1.98. The van der Waals surface area contributed by atoms with Crippen LogP contribution in [-0.2, 0) is 33.2 Å². The molecular formula is C80H141NO18. The van der Waals surface area contributed by atoms with Gasteiger partial charge in [-0.05, 0) is 77.0 Å². The molecule has 0 aromatic rings. The van der Waals surface area contributed by atoms with E-state index in [4.69, 9.17) is 28.4 Å². The Morgan fingerprint density at radius 3 is 1.13 bits per heavy atom. The van der Waals surface area contributed by atoms with Crippen LogP contribution in [0.25, 0.3) is 0 Å². The van der Waals surface area contributed by atoms with Gasteiger partial charge in [0.25, 0.3) is 0 Å². The Kier molecular flexibility index (Phi) is 54.9. The molecule has 3 aliphatic rings. The normalized spacial score (nSPS) is 27.1. The molecule has 0 spiro atoms. The molecule has 19 nitrogen and oxygen atoms in total. The molecule has 99 heavy (non-hydrogen) atoms. The zero-order valence-corrected chi connectivity index (χ0v) is 61.2. The first kappa shape index (κ1) is 90.2. The number of ether oxygens (including phenoxy) is 6. The van der Waals surface area contributed by atoms with E-state index in [1.807, 2.05) is 6.08 Å². The fourth-order valence-corrected chi connectivity index (χ4v) is 12.9. The molecule has 0 bridgehead atoms. The monoisotopic (exact) mass is 1400 g/mol. The summed E-state index contributed by atoms with van der Waals surface area (Å²) in [5.74, 6) is -0.283. The molecule has 3 heterocycles. The number of aliphatic hydroxyl groups is 11. The van der Waals surface area contributed by atoms with Gasteiger partial charge in [-0.25, -0.2) is 0 Å². The van der Waals surface area contributed by atoms with E-state index < -0.39 is 124 Å². The third-order valence-electron chi connectivity index (χ3n) is 19.2. The topological polar surface area (TPSA) is 307 Å². The van der Waals surface area contributed by atoms with Crippen molar-refractivity contribution < 1.29 is 89.4 Å². The van der Waals surface area contributed by atoms with Gasteiger partial charge in [0.1, 0.15) is 73.2 Å². The highest BCUT2D eigenvalue weighted by Gasteiger charge is 2.53. The molecule has 3 saturated heterocycles. The zero-order chi connectivity index (χ0) is 71.8. The van der Waals surface area contributed by atoms with Crippen molar-refractivity contribution in [2.75, 3.05) is 26.4 Å². The summed E-state index contributed by atoms with van der Waals surface area (Å²) in [4.78, 5) is 13.4. The van der Waals surface area contributed by atoms with Gasteiger partial charge in [0.05, 0.1) is 38.6 Å². The second kappa shape index (κ2) is 60.3. The number of hydrogen-bond acceptors (Lipinski definition) is 18. The van der Waals surface area contributed by atoms with Crippen molar-refractivity contribution in [3.63, 3.8) is 0 Å². The van der Waals surface area contributed by atoms with Gasteiger partial charge in [0, 0.05) is 6.42 Å². The lowest BCUT2D eigenvalue weighted by molar-refractivity contribution is -0.379. The number of nitrogens with one attached hydrogen (secondary N) is 1. The van der Waals surface area contributed by atoms with Crippen molar-refractivity contribution in [2.24, 2.45) is 0 Å². The summed E-state index contributed by atoms with van der Waals surface area (Å²) < 4.78 is 34.4. The van der Waals surface area contributed by atoms with E-state index >= 15 is 0 Å². The van der Waals surface area contributed by atoms with Gasteiger partial charge in [-0.2, -0.15) is 0 Å². The molecule has 0 aromatic heterocycles. The average molecular weight is 1400 g/mol. The Balaban J connectivity index is 1.33. The van der Waals surface area contributed by atoms with Gasteiger partial charge >= 0.3 is 0 Å². The molecule has 12 N–H and O–H groups in total. The standard InChI is InChI=1S/C80H141NO18/c1-3-5-7-9-11-13-15-17-19-21-22-23-24-25-26-27-28-29-30-31-32-33-34-35-36-37-38-39-40-42-44-46-48-50-52-54-56-58-68(86)81-63(64(85)57-55-53-51-49-47-45-43-41-20-18-16-14-12-10-8-6-4-2)62-94-78-74(92)71(89)76(66(60-83)96-78)99-80-75(93)72(90)77(67(61-84)97-80)98-79-73(91)70(88)69(87)65(59-82)95-79/h5,7,11,13,17,19,22-23,25-26,47,49,55,57,63-67,69-80,82-85,87-93H,3-4,6,8-10,12,14-16,18,20-21,24,27-46,48,50-54,56,58-62H2,1-2H3,(H,81,86)/b7-5-,13-11-,19-17-,23-22-,26-25-,49-47+,57-55+. The van der Waals surface area contributed by atoms with Gasteiger partial charge in [0.15, 0.2) is 18.9 Å². The minimum absolute atomic E-state index is 0.235. The Morgan fingerprint density at radius 2 is 0.707 bits per heavy atom. The number of amides is 1. The summed E-state index contributed by atoms with van der Waals surface area (Å²) in [6.45, 7) is 1.62. The Labute approximate surface area is 597 Å². The lowest BCUT2D eigenvalue weighted by Crippen LogP contribution is -2.66. The number of hydrogen-bond donors (Lipinski definition) is 12. The first-order valence-corrected chi connectivity index (χ1v) is 39.3. The van der Waals surface area contributed by atoms with Crippen molar-refractivity contribution in [3.05, 3.63) is 85.1 Å². The van der Waals surface area contributed by atoms with Crippen LogP contribution in [0.4, 0.5) is 0 Å². The lowest BCUT2D eigenvalue weighted by atomic mass is 9.96. The van der Waals surface area contributed by atoms with E-state index in [1.165, 1.54) is 180 Å². The van der Waals surface area contributed by atoms with E-state index in [9.17, 15) is 61.0 Å². The predicted octanol–water partition coefficient (Wildman–Crippen LogP) is 12.6. The Hall–Kier alpha value is -3.03. The molecule has 574 valence electrons. The van der Waals surface area contributed by atoms with Crippen LogP contribution >= 0.6 is 0 Å². The summed E-state index contributed by atoms with van der Waals surface area (Å²) in [7, 11) is 0. The van der Waals surface area contributed by atoms with E-state index in [0.29, 0.717) is 12.8 Å². The van der Waals surface area contributed by atoms with Crippen molar-refractivity contribution in [1.82, 2.24) is 5.32 Å². The number of carbonyl (C=O) groups excluding carboxylic acids is 1. The van der Waals surface area contributed by atoms with Gasteiger partial charge in [-0.3, -0.25) is 4.79 Å². The van der Waals surface area contributed by atoms with Crippen molar-refractivity contribution in [2.45, 2.75) is 388 Å². The van der Waals surface area contributed by atoms with Crippen LogP contribution in [-0.4, -0.2) is 193 Å². The molecule has 3 aliphatic heterocycles. The van der Waals surface area contributed by atoms with Crippen LogP contribution in [0.2, 0.25) is 0 Å². The summed E-state index contributed by atoms with van der Waals surface area (Å²) in [6.07, 6.45) is 53.0. The van der Waals surface area contributed by atoms with E-state index in [-0.39, 0.29) is 18.9 Å². The molecule has 0 aliphatic carbocycles. The predicted molar refractivity (Wildman–Crippen MR) is 392 cm³/mol. The third-order valence-corrected chi connectivity index (χ3v) is 19.2. The number of unbranched alkanes of at least 4 members (excludes halogenated alkanes) is 33. The fraction of sp³-hybridized carbons (Fsp3) is 0.812. The third kappa shape index (κ3) is 40.7. The summed E-state index contributed by atoms with van der Waals surface area (Å²) in [5.41, 5.74) is 0. The maximum atomic E-state index is 13.4. The quantitative estimate of drug-likeness (QED) is 0.0199. The van der Waals surface area contributed by atoms with Gasteiger partial charge < -0.3 is 89.9 Å². The fourth-order valence-electron chi connectivity index (χ4n) is 12.9. The smallest absolute Gasteiger partial charge is 0.220 e. The van der Waals surface area contributed by atoms with E-state index in [2.05, 4.69) is 92.1 Å². The summed E-state index contributed by atoms with van der Waals surface area (Å²) in [6, 6.07) is -0.992. The van der Waals surface area contributed by atoms with Crippen LogP contribution < -0.4 is 5.32 Å². The van der Waals surface area contributed by atoms with E-state index in [0.717, 1.165) is 70.6 Å². The highest BCUT2D eigenvalue weighted by atomic mass is 16.8. The molecule has 3 rings (SSSR count). The van der Waals surface area contributed by atoms with Crippen LogP contribution in [0.3, 0.4) is 0 Å². The lowest BCUT2D eigenvalue weighted by Gasteiger charge is -2.48. The Bertz CT molecular complexity index is 2120. The number of allylic oxidation sites excluding steroid dienone is 13. The highest BCUT2D eigenvalue weighted by Crippen LogP contribution is 2.33.